The number of pyridine rings is 1. The Kier molecular flexibility index (Phi) is 4.38. The second-order valence-corrected chi connectivity index (χ2v) is 6.51. The first-order chi connectivity index (χ1) is 10.6. The molecule has 6 heteroatoms. The summed E-state index contributed by atoms with van der Waals surface area (Å²) >= 11 is 1.61. The topological polar surface area (TPSA) is 58.1 Å². The average Bonchev–Trinajstić information content (AvgIpc) is 2.98. The van der Waals surface area contributed by atoms with Crippen LogP contribution in [0, 0.1) is 6.92 Å². The monoisotopic (exact) mass is 316 g/mol. The van der Waals surface area contributed by atoms with Crippen LogP contribution in [0.15, 0.2) is 23.7 Å². The molecule has 0 saturated carbocycles. The summed E-state index contributed by atoms with van der Waals surface area (Å²) in [5, 5.41) is 6.29. The first-order valence-corrected chi connectivity index (χ1v) is 8.41. The van der Waals surface area contributed by atoms with Crippen LogP contribution in [-0.2, 0) is 4.79 Å². The number of carbonyl (C=O) groups is 1. The second kappa shape index (κ2) is 6.44. The van der Waals surface area contributed by atoms with Crippen molar-refractivity contribution in [2.45, 2.75) is 32.6 Å². The van der Waals surface area contributed by atoms with Gasteiger partial charge in [0.15, 0.2) is 5.13 Å². The molecule has 0 radical (unpaired) electrons. The van der Waals surface area contributed by atoms with Crippen LogP contribution in [0.1, 0.15) is 36.9 Å². The first-order valence-electron chi connectivity index (χ1n) is 7.53. The van der Waals surface area contributed by atoms with Gasteiger partial charge < -0.3 is 10.2 Å². The van der Waals surface area contributed by atoms with Crippen LogP contribution in [-0.4, -0.2) is 33.9 Å². The molecule has 3 rings (SSSR count). The third-order valence-electron chi connectivity index (χ3n) is 4.12. The molecule has 22 heavy (non-hydrogen) atoms. The maximum atomic E-state index is 11.4. The van der Waals surface area contributed by atoms with Crippen molar-refractivity contribution in [3.63, 3.8) is 0 Å². The van der Waals surface area contributed by atoms with Gasteiger partial charge in [0.25, 0.3) is 0 Å². The number of nitrogens with zero attached hydrogens (tertiary/aromatic N) is 3. The Morgan fingerprint density at radius 3 is 2.86 bits per heavy atom. The van der Waals surface area contributed by atoms with Crippen LogP contribution in [0.2, 0.25) is 0 Å². The molecule has 0 bridgehead atoms. The number of hydrogen-bond donors (Lipinski definition) is 1. The van der Waals surface area contributed by atoms with Crippen molar-refractivity contribution in [3.05, 3.63) is 35.0 Å². The molecule has 3 heterocycles. The molecule has 1 amide bonds. The minimum atomic E-state index is 0.171. The standard InChI is InChI=1S/C16H20N4OS/c1-11-4-3-7-17-15(11)19-16-18-14(10-22-16)13-5-8-20(9-6-13)12(2)21/h3-4,7,10,13H,5-6,8-9H2,1-2H3,(H,17,18,19). The van der Waals surface area contributed by atoms with Gasteiger partial charge in [-0.1, -0.05) is 6.07 Å². The Bertz CT molecular complexity index is 662. The van der Waals surface area contributed by atoms with E-state index in [1.54, 1.807) is 24.5 Å². The number of thiazole rings is 1. The zero-order valence-electron chi connectivity index (χ0n) is 12.9. The van der Waals surface area contributed by atoms with E-state index in [0.717, 1.165) is 48.1 Å². The molecule has 1 aliphatic rings. The highest BCUT2D eigenvalue weighted by Crippen LogP contribution is 2.31. The molecule has 1 aliphatic heterocycles. The molecule has 1 saturated heterocycles. The van der Waals surface area contributed by atoms with Crippen molar-refractivity contribution in [3.8, 4) is 0 Å². The lowest BCUT2D eigenvalue weighted by Crippen LogP contribution is -2.36. The van der Waals surface area contributed by atoms with E-state index in [-0.39, 0.29) is 5.91 Å². The van der Waals surface area contributed by atoms with Crippen LogP contribution in [0.5, 0.6) is 0 Å². The van der Waals surface area contributed by atoms with Gasteiger partial charge in [-0.3, -0.25) is 4.79 Å². The Balaban J connectivity index is 1.65. The Hall–Kier alpha value is -1.95. The average molecular weight is 316 g/mol. The molecule has 2 aromatic heterocycles. The summed E-state index contributed by atoms with van der Waals surface area (Å²) in [6.07, 6.45) is 3.76. The number of piperidine rings is 1. The number of carbonyl (C=O) groups excluding carboxylic acids is 1. The van der Waals surface area contributed by atoms with Crippen molar-refractivity contribution >= 4 is 28.2 Å². The highest BCUT2D eigenvalue weighted by molar-refractivity contribution is 7.13. The number of nitrogens with one attached hydrogen (secondary N) is 1. The van der Waals surface area contributed by atoms with Crippen molar-refractivity contribution in [2.24, 2.45) is 0 Å². The fourth-order valence-corrected chi connectivity index (χ4v) is 3.53. The van der Waals surface area contributed by atoms with E-state index in [9.17, 15) is 4.79 Å². The number of rotatable bonds is 3. The summed E-state index contributed by atoms with van der Waals surface area (Å²) in [6.45, 7) is 5.33. The zero-order valence-corrected chi connectivity index (χ0v) is 13.7. The molecule has 5 nitrogen and oxygen atoms in total. The first kappa shape index (κ1) is 15.0. The van der Waals surface area contributed by atoms with Crippen molar-refractivity contribution in [1.82, 2.24) is 14.9 Å². The minimum absolute atomic E-state index is 0.171. The molecule has 0 aromatic carbocycles. The summed E-state index contributed by atoms with van der Waals surface area (Å²) in [5.74, 6) is 1.48. The van der Waals surface area contributed by atoms with Crippen molar-refractivity contribution in [1.29, 1.82) is 0 Å². The zero-order chi connectivity index (χ0) is 15.5. The molecular formula is C16H20N4OS. The SMILES string of the molecule is CC(=O)N1CCC(c2csc(Nc3ncccc3C)n2)CC1. The number of aromatic nitrogens is 2. The molecule has 1 fully saturated rings. The van der Waals surface area contributed by atoms with E-state index < -0.39 is 0 Å². The van der Waals surface area contributed by atoms with Gasteiger partial charge in [-0.25, -0.2) is 9.97 Å². The predicted molar refractivity (Wildman–Crippen MR) is 88.6 cm³/mol. The Morgan fingerprint density at radius 2 is 2.18 bits per heavy atom. The van der Waals surface area contributed by atoms with E-state index in [4.69, 9.17) is 4.98 Å². The van der Waals surface area contributed by atoms with E-state index in [2.05, 4.69) is 15.7 Å². The van der Waals surface area contributed by atoms with Gasteiger partial charge in [-0.15, -0.1) is 11.3 Å². The summed E-state index contributed by atoms with van der Waals surface area (Å²) in [6, 6.07) is 3.96. The molecule has 1 N–H and O–H groups in total. The summed E-state index contributed by atoms with van der Waals surface area (Å²) in [7, 11) is 0. The lowest BCUT2D eigenvalue weighted by atomic mass is 9.94. The molecule has 0 unspecified atom stereocenters. The molecule has 116 valence electrons. The maximum absolute atomic E-state index is 11.4. The number of aryl methyl sites for hydroxylation is 1. The molecule has 0 atom stereocenters. The van der Waals surface area contributed by atoms with Gasteiger partial charge in [0.2, 0.25) is 5.91 Å². The van der Waals surface area contributed by atoms with Crippen LogP contribution in [0.25, 0.3) is 0 Å². The normalized spacial score (nSPS) is 15.8. The maximum Gasteiger partial charge on any atom is 0.219 e. The quantitative estimate of drug-likeness (QED) is 0.944. The van der Waals surface area contributed by atoms with Crippen LogP contribution in [0.3, 0.4) is 0 Å². The summed E-state index contributed by atoms with van der Waals surface area (Å²) in [4.78, 5) is 22.3. The lowest BCUT2D eigenvalue weighted by Gasteiger charge is -2.30. The third-order valence-corrected chi connectivity index (χ3v) is 4.89. The Morgan fingerprint density at radius 1 is 1.41 bits per heavy atom. The van der Waals surface area contributed by atoms with E-state index >= 15 is 0 Å². The molecule has 0 aliphatic carbocycles. The van der Waals surface area contributed by atoms with Gasteiger partial charge in [-0.2, -0.15) is 0 Å². The van der Waals surface area contributed by atoms with E-state index in [1.165, 1.54) is 0 Å². The summed E-state index contributed by atoms with van der Waals surface area (Å²) in [5.41, 5.74) is 2.23. The van der Waals surface area contributed by atoms with Crippen LogP contribution >= 0.6 is 11.3 Å². The van der Waals surface area contributed by atoms with E-state index in [0.29, 0.717) is 5.92 Å². The number of anilines is 2. The van der Waals surface area contributed by atoms with Gasteiger partial charge in [-0.05, 0) is 31.4 Å². The molecular weight excluding hydrogens is 296 g/mol. The smallest absolute Gasteiger partial charge is 0.219 e. The van der Waals surface area contributed by atoms with Crippen molar-refractivity contribution < 1.29 is 4.79 Å². The fraction of sp³-hybridized carbons (Fsp3) is 0.438. The highest BCUT2D eigenvalue weighted by atomic mass is 32.1. The van der Waals surface area contributed by atoms with Gasteiger partial charge in [0, 0.05) is 37.5 Å². The van der Waals surface area contributed by atoms with Crippen molar-refractivity contribution in [2.75, 3.05) is 18.4 Å². The van der Waals surface area contributed by atoms with Crippen LogP contribution < -0.4 is 5.32 Å². The Labute approximate surface area is 134 Å². The summed E-state index contributed by atoms with van der Waals surface area (Å²) < 4.78 is 0. The predicted octanol–water partition coefficient (Wildman–Crippen LogP) is 3.32. The van der Waals surface area contributed by atoms with E-state index in [1.807, 2.05) is 24.0 Å². The molecule has 2 aromatic rings. The second-order valence-electron chi connectivity index (χ2n) is 5.65. The number of amides is 1. The van der Waals surface area contributed by atoms with Gasteiger partial charge >= 0.3 is 0 Å². The number of likely N-dealkylation sites (tertiary alicyclic amines) is 1. The fourth-order valence-electron chi connectivity index (χ4n) is 2.74. The van der Waals surface area contributed by atoms with Gasteiger partial charge in [0.1, 0.15) is 5.82 Å². The minimum Gasteiger partial charge on any atom is -0.343 e. The van der Waals surface area contributed by atoms with Gasteiger partial charge in [0.05, 0.1) is 5.69 Å². The highest BCUT2D eigenvalue weighted by Gasteiger charge is 2.23. The van der Waals surface area contributed by atoms with Crippen LogP contribution in [0.4, 0.5) is 10.9 Å². The largest absolute Gasteiger partial charge is 0.343 e. The number of hydrogen-bond acceptors (Lipinski definition) is 5. The lowest BCUT2D eigenvalue weighted by molar-refractivity contribution is -0.129. The third kappa shape index (κ3) is 3.27. The molecule has 0 spiro atoms.